The van der Waals surface area contributed by atoms with Gasteiger partial charge in [0.15, 0.2) is 0 Å². The normalized spacial score (nSPS) is 10.1. The second kappa shape index (κ2) is 5.23. The van der Waals surface area contributed by atoms with E-state index in [0.29, 0.717) is 10.2 Å². The molecule has 0 saturated carbocycles. The number of aromatic carboxylic acids is 1. The smallest absolute Gasteiger partial charge is 0.365 e. The van der Waals surface area contributed by atoms with Crippen molar-refractivity contribution in [2.24, 2.45) is 0 Å². The number of anilines is 1. The van der Waals surface area contributed by atoms with E-state index in [4.69, 9.17) is 5.11 Å². The zero-order valence-electron chi connectivity index (χ0n) is 8.75. The van der Waals surface area contributed by atoms with Crippen molar-refractivity contribution in [3.63, 3.8) is 0 Å². The number of carboxylic acid groups (broad SMARTS) is 1. The summed E-state index contributed by atoms with van der Waals surface area (Å²) in [6.07, 6.45) is 3.07. The number of nitrogens with zero attached hydrogens (tertiary/aromatic N) is 2. The Morgan fingerprint density at radius 3 is 2.83 bits per heavy atom. The molecule has 0 spiro atoms. The molecule has 0 saturated heterocycles. The lowest BCUT2D eigenvalue weighted by molar-refractivity contribution is 0.0696. The van der Waals surface area contributed by atoms with Crippen LogP contribution in [0.5, 0.6) is 0 Å². The molecule has 2 aromatic rings. The van der Waals surface area contributed by atoms with Crippen LogP contribution < -0.4 is 5.32 Å². The molecule has 0 aliphatic heterocycles. The van der Waals surface area contributed by atoms with Gasteiger partial charge in [0, 0.05) is 17.8 Å². The van der Waals surface area contributed by atoms with Gasteiger partial charge < -0.3 is 10.4 Å². The highest BCUT2D eigenvalue weighted by Gasteiger charge is 2.15. The van der Waals surface area contributed by atoms with Crippen LogP contribution in [0.4, 0.5) is 5.69 Å². The van der Waals surface area contributed by atoms with Crippen molar-refractivity contribution in [3.8, 4) is 0 Å². The molecule has 0 aliphatic rings. The molecule has 2 rings (SSSR count). The fourth-order valence-electron chi connectivity index (χ4n) is 1.14. The number of thiazole rings is 1. The fraction of sp³-hybridized carbons (Fsp3) is 0. The van der Waals surface area contributed by atoms with E-state index in [-0.39, 0.29) is 10.7 Å². The van der Waals surface area contributed by atoms with Crippen LogP contribution >= 0.6 is 27.3 Å². The van der Waals surface area contributed by atoms with Gasteiger partial charge in [-0.2, -0.15) is 0 Å². The van der Waals surface area contributed by atoms with E-state index >= 15 is 0 Å². The second-order valence-corrected chi connectivity index (χ2v) is 4.87. The lowest BCUT2D eigenvalue weighted by Gasteiger charge is -2.04. The number of hydrogen-bond donors (Lipinski definition) is 2. The van der Waals surface area contributed by atoms with Gasteiger partial charge in [0.2, 0.25) is 5.01 Å². The van der Waals surface area contributed by atoms with Gasteiger partial charge in [-0.05, 0) is 22.0 Å². The summed E-state index contributed by atoms with van der Waals surface area (Å²) in [5, 5.41) is 12.6. The van der Waals surface area contributed by atoms with Crippen molar-refractivity contribution in [3.05, 3.63) is 39.0 Å². The zero-order valence-corrected chi connectivity index (χ0v) is 11.2. The third-order valence-corrected chi connectivity index (χ3v) is 3.40. The van der Waals surface area contributed by atoms with Gasteiger partial charge in [-0.15, -0.1) is 11.3 Å². The Balaban J connectivity index is 2.17. The van der Waals surface area contributed by atoms with Crippen molar-refractivity contribution in [2.45, 2.75) is 0 Å². The summed E-state index contributed by atoms with van der Waals surface area (Å²) in [4.78, 5) is 30.0. The van der Waals surface area contributed by atoms with Crippen molar-refractivity contribution in [2.75, 3.05) is 5.32 Å². The minimum absolute atomic E-state index is 0.0705. The molecule has 0 aliphatic carbocycles. The van der Waals surface area contributed by atoms with Crippen molar-refractivity contribution >= 4 is 44.8 Å². The van der Waals surface area contributed by atoms with Gasteiger partial charge >= 0.3 is 5.97 Å². The van der Waals surface area contributed by atoms with Crippen LogP contribution in [-0.4, -0.2) is 27.0 Å². The number of halogens is 1. The molecule has 0 aromatic carbocycles. The molecular weight excluding hydrogens is 322 g/mol. The molecule has 92 valence electrons. The summed E-state index contributed by atoms with van der Waals surface area (Å²) in [5.74, 6) is -1.62. The average Bonchev–Trinajstić information content (AvgIpc) is 2.81. The molecule has 0 bridgehead atoms. The second-order valence-electron chi connectivity index (χ2n) is 3.15. The SMILES string of the molecule is O=C(Nc1ccncc1Br)c1csc(C(=O)O)n1. The van der Waals surface area contributed by atoms with E-state index in [9.17, 15) is 9.59 Å². The highest BCUT2D eigenvalue weighted by Crippen LogP contribution is 2.21. The van der Waals surface area contributed by atoms with E-state index < -0.39 is 11.9 Å². The molecule has 0 unspecified atom stereocenters. The third kappa shape index (κ3) is 2.71. The largest absolute Gasteiger partial charge is 0.476 e. The Hall–Kier alpha value is -1.80. The maximum absolute atomic E-state index is 11.8. The number of pyridine rings is 1. The number of hydrogen-bond acceptors (Lipinski definition) is 5. The Labute approximate surface area is 114 Å². The van der Waals surface area contributed by atoms with Crippen LogP contribution in [0.25, 0.3) is 0 Å². The molecule has 0 fully saturated rings. The number of aromatic nitrogens is 2. The van der Waals surface area contributed by atoms with E-state index in [1.54, 1.807) is 12.3 Å². The van der Waals surface area contributed by atoms with Crippen LogP contribution in [0, 0.1) is 0 Å². The summed E-state index contributed by atoms with van der Waals surface area (Å²) in [6.45, 7) is 0. The van der Waals surface area contributed by atoms with Gasteiger partial charge in [0.1, 0.15) is 5.69 Å². The van der Waals surface area contributed by atoms with Crippen LogP contribution in [0.3, 0.4) is 0 Å². The number of carboxylic acids is 1. The van der Waals surface area contributed by atoms with E-state index in [2.05, 4.69) is 31.2 Å². The maximum atomic E-state index is 11.8. The summed E-state index contributed by atoms with van der Waals surface area (Å²) < 4.78 is 0.632. The van der Waals surface area contributed by atoms with Crippen molar-refractivity contribution in [1.29, 1.82) is 0 Å². The van der Waals surface area contributed by atoms with Gasteiger partial charge in [-0.25, -0.2) is 9.78 Å². The number of carbonyl (C=O) groups is 2. The average molecular weight is 328 g/mol. The Bertz CT molecular complexity index is 614. The molecule has 0 atom stereocenters. The summed E-state index contributed by atoms with van der Waals surface area (Å²) in [7, 11) is 0. The monoisotopic (exact) mass is 327 g/mol. The topological polar surface area (TPSA) is 92.2 Å². The summed E-state index contributed by atoms with van der Waals surface area (Å²) in [5.41, 5.74) is 0.612. The van der Waals surface area contributed by atoms with Gasteiger partial charge in [0.25, 0.3) is 5.91 Å². The summed E-state index contributed by atoms with van der Waals surface area (Å²) >= 11 is 4.14. The molecule has 1 amide bonds. The predicted octanol–water partition coefficient (Wildman–Crippen LogP) is 2.25. The first kappa shape index (κ1) is 12.7. The molecule has 2 heterocycles. The number of nitrogens with one attached hydrogen (secondary N) is 1. The van der Waals surface area contributed by atoms with Gasteiger partial charge in [0.05, 0.1) is 10.2 Å². The third-order valence-electron chi connectivity index (χ3n) is 1.94. The number of rotatable bonds is 3. The Morgan fingerprint density at radius 2 is 2.22 bits per heavy atom. The van der Waals surface area contributed by atoms with E-state index in [0.717, 1.165) is 11.3 Å². The minimum atomic E-state index is -1.15. The highest BCUT2D eigenvalue weighted by atomic mass is 79.9. The lowest BCUT2D eigenvalue weighted by atomic mass is 10.3. The molecule has 6 nitrogen and oxygen atoms in total. The van der Waals surface area contributed by atoms with Crippen LogP contribution in [-0.2, 0) is 0 Å². The first-order chi connectivity index (χ1) is 8.58. The molecule has 2 N–H and O–H groups in total. The van der Waals surface area contributed by atoms with Crippen molar-refractivity contribution < 1.29 is 14.7 Å². The van der Waals surface area contributed by atoms with Crippen LogP contribution in [0.2, 0.25) is 0 Å². The maximum Gasteiger partial charge on any atom is 0.365 e. The molecule has 18 heavy (non-hydrogen) atoms. The van der Waals surface area contributed by atoms with Gasteiger partial charge in [-0.3, -0.25) is 9.78 Å². The van der Waals surface area contributed by atoms with Crippen LogP contribution in [0.1, 0.15) is 20.3 Å². The Morgan fingerprint density at radius 1 is 1.44 bits per heavy atom. The number of carbonyl (C=O) groups excluding carboxylic acids is 1. The first-order valence-corrected chi connectivity index (χ1v) is 6.35. The zero-order chi connectivity index (χ0) is 13.1. The summed E-state index contributed by atoms with van der Waals surface area (Å²) in [6, 6.07) is 1.62. The van der Waals surface area contributed by atoms with E-state index in [1.807, 2.05) is 0 Å². The minimum Gasteiger partial charge on any atom is -0.476 e. The molecule has 8 heteroatoms. The quantitative estimate of drug-likeness (QED) is 0.901. The number of amides is 1. The molecule has 0 radical (unpaired) electrons. The molecule has 2 aromatic heterocycles. The predicted molar refractivity (Wildman–Crippen MR) is 69.0 cm³/mol. The highest BCUT2D eigenvalue weighted by molar-refractivity contribution is 9.10. The van der Waals surface area contributed by atoms with Crippen molar-refractivity contribution in [1.82, 2.24) is 9.97 Å². The fourth-order valence-corrected chi connectivity index (χ4v) is 2.12. The standard InChI is InChI=1S/C10H6BrN3O3S/c11-5-3-12-2-1-6(5)13-8(15)7-4-18-9(14-7)10(16)17/h1-4H,(H,16,17)(H,12,13,15). The van der Waals surface area contributed by atoms with Crippen LogP contribution in [0.15, 0.2) is 28.3 Å². The Kier molecular flexibility index (Phi) is 3.68. The first-order valence-electron chi connectivity index (χ1n) is 4.67. The van der Waals surface area contributed by atoms with Gasteiger partial charge in [-0.1, -0.05) is 0 Å². The van der Waals surface area contributed by atoms with E-state index in [1.165, 1.54) is 11.6 Å². The lowest BCUT2D eigenvalue weighted by Crippen LogP contribution is -2.13. The molecular formula is C10H6BrN3O3S.